The maximum atomic E-state index is 12.8. The maximum absolute atomic E-state index is 12.8. The molecule has 2 fully saturated rings. The van der Waals surface area contributed by atoms with E-state index in [-0.39, 0.29) is 18.6 Å². The number of hydrogen-bond acceptors (Lipinski definition) is 4. The Morgan fingerprint density at radius 2 is 1.89 bits per heavy atom. The molecule has 2 amide bonds. The molecule has 1 atom stereocenters. The van der Waals surface area contributed by atoms with E-state index in [1.165, 1.54) is 0 Å². The van der Waals surface area contributed by atoms with Crippen molar-refractivity contribution < 1.29 is 19.1 Å². The van der Waals surface area contributed by atoms with E-state index in [1.54, 1.807) is 10.8 Å². The molecule has 0 radical (unpaired) electrons. The Bertz CT molecular complexity index is 892. The van der Waals surface area contributed by atoms with Gasteiger partial charge in [-0.05, 0) is 31.7 Å². The van der Waals surface area contributed by atoms with Crippen molar-refractivity contribution in [3.8, 4) is 0 Å². The number of carbonyl (C=O) groups excluding carboxylic acids is 3. The molecule has 0 bridgehead atoms. The minimum absolute atomic E-state index is 0.0174. The number of ether oxygens (including phenoxy) is 1. The molecule has 148 valence electrons. The number of carbonyl (C=O) groups is 3. The molecule has 2 saturated heterocycles. The molecule has 0 aliphatic carbocycles. The minimum Gasteiger partial charge on any atom is -0.376 e. The first-order chi connectivity index (χ1) is 13.6. The predicted molar refractivity (Wildman–Crippen MR) is 104 cm³/mol. The summed E-state index contributed by atoms with van der Waals surface area (Å²) in [7, 11) is 0. The molecule has 1 N–H and O–H groups in total. The fourth-order valence-corrected chi connectivity index (χ4v) is 3.99. The van der Waals surface area contributed by atoms with Gasteiger partial charge in [0.15, 0.2) is 0 Å². The van der Waals surface area contributed by atoms with Crippen LogP contribution in [0.15, 0.2) is 30.5 Å². The molecule has 28 heavy (non-hydrogen) atoms. The fraction of sp³-hybridized carbons (Fsp3) is 0.476. The zero-order chi connectivity index (χ0) is 19.5. The highest BCUT2D eigenvalue weighted by Gasteiger charge is 2.25. The number of para-hydroxylation sites is 1. The largest absolute Gasteiger partial charge is 0.376 e. The summed E-state index contributed by atoms with van der Waals surface area (Å²) >= 11 is 0. The van der Waals surface area contributed by atoms with E-state index in [0.29, 0.717) is 24.1 Å². The summed E-state index contributed by atoms with van der Waals surface area (Å²) in [5.74, 6) is -1.18. The number of nitrogens with one attached hydrogen (secondary N) is 1. The Balaban J connectivity index is 1.52. The molecule has 1 aromatic carbocycles. The van der Waals surface area contributed by atoms with Crippen LogP contribution in [0.1, 0.15) is 36.0 Å². The van der Waals surface area contributed by atoms with Crippen LogP contribution < -0.4 is 5.32 Å². The number of rotatable bonds is 6. The number of Topliss-reactive ketones (excluding diaryl/α,β-unsaturated/α-hetero) is 1. The first-order valence-electron chi connectivity index (χ1n) is 9.93. The lowest BCUT2D eigenvalue weighted by Gasteiger charge is -2.15. The van der Waals surface area contributed by atoms with E-state index in [0.717, 1.165) is 44.3 Å². The van der Waals surface area contributed by atoms with Crippen LogP contribution >= 0.6 is 0 Å². The van der Waals surface area contributed by atoms with Gasteiger partial charge in [-0.2, -0.15) is 0 Å². The summed E-state index contributed by atoms with van der Waals surface area (Å²) in [6, 6.07) is 7.38. The van der Waals surface area contributed by atoms with Gasteiger partial charge in [0.2, 0.25) is 5.91 Å². The van der Waals surface area contributed by atoms with Crippen LogP contribution in [0.3, 0.4) is 0 Å². The highest BCUT2D eigenvalue weighted by atomic mass is 16.5. The van der Waals surface area contributed by atoms with E-state index in [1.807, 2.05) is 29.2 Å². The Kier molecular flexibility index (Phi) is 5.43. The minimum atomic E-state index is -0.635. The van der Waals surface area contributed by atoms with E-state index >= 15 is 0 Å². The Labute approximate surface area is 163 Å². The number of aromatic nitrogens is 1. The summed E-state index contributed by atoms with van der Waals surface area (Å²) in [5.41, 5.74) is 1.11. The topological polar surface area (TPSA) is 80.6 Å². The highest BCUT2D eigenvalue weighted by molar-refractivity contribution is 6.45. The molecule has 3 heterocycles. The number of likely N-dealkylation sites (tertiary alicyclic amines) is 1. The van der Waals surface area contributed by atoms with Crippen molar-refractivity contribution in [2.45, 2.75) is 38.3 Å². The van der Waals surface area contributed by atoms with Gasteiger partial charge in [-0.25, -0.2) is 0 Å². The molecule has 1 aromatic heterocycles. The smallest absolute Gasteiger partial charge is 0.292 e. The molecular formula is C21H25N3O4. The van der Waals surface area contributed by atoms with Crippen LogP contribution in [0.25, 0.3) is 10.9 Å². The number of nitrogens with zero attached hydrogens (tertiary/aromatic N) is 2. The van der Waals surface area contributed by atoms with Crippen LogP contribution in [-0.4, -0.2) is 59.4 Å². The second-order valence-electron chi connectivity index (χ2n) is 7.45. The average molecular weight is 383 g/mol. The van der Waals surface area contributed by atoms with Gasteiger partial charge in [-0.3, -0.25) is 14.4 Å². The maximum Gasteiger partial charge on any atom is 0.292 e. The molecular weight excluding hydrogens is 358 g/mol. The summed E-state index contributed by atoms with van der Waals surface area (Å²) in [6.07, 6.45) is 5.56. The van der Waals surface area contributed by atoms with Crippen LogP contribution in [0.2, 0.25) is 0 Å². The average Bonchev–Trinajstić information content (AvgIpc) is 3.46. The highest BCUT2D eigenvalue weighted by Crippen LogP contribution is 2.23. The molecule has 0 spiro atoms. The van der Waals surface area contributed by atoms with E-state index < -0.39 is 11.7 Å². The van der Waals surface area contributed by atoms with Gasteiger partial charge in [-0.15, -0.1) is 0 Å². The molecule has 4 rings (SSSR count). The molecule has 2 aliphatic rings. The molecule has 7 nitrogen and oxygen atoms in total. The van der Waals surface area contributed by atoms with Crippen molar-refractivity contribution in [3.63, 3.8) is 0 Å². The summed E-state index contributed by atoms with van der Waals surface area (Å²) in [4.78, 5) is 39.5. The first-order valence-corrected chi connectivity index (χ1v) is 9.93. The third-order valence-electron chi connectivity index (χ3n) is 5.52. The van der Waals surface area contributed by atoms with Crippen molar-refractivity contribution in [2.24, 2.45) is 0 Å². The van der Waals surface area contributed by atoms with Crippen LogP contribution in [-0.2, 0) is 20.9 Å². The summed E-state index contributed by atoms with van der Waals surface area (Å²) in [5, 5.41) is 3.37. The SMILES string of the molecule is O=C(NC[C@@H]1CCCO1)C(=O)c1cn(CC(=O)N2CCCC2)c2ccccc12. The quantitative estimate of drug-likeness (QED) is 0.609. The molecule has 2 aromatic rings. The van der Waals surface area contributed by atoms with Gasteiger partial charge in [0.25, 0.3) is 11.7 Å². The Morgan fingerprint density at radius 3 is 2.64 bits per heavy atom. The van der Waals surface area contributed by atoms with Gasteiger partial charge < -0.3 is 19.5 Å². The van der Waals surface area contributed by atoms with Gasteiger partial charge >= 0.3 is 0 Å². The van der Waals surface area contributed by atoms with Crippen molar-refractivity contribution in [1.82, 2.24) is 14.8 Å². The Hall–Kier alpha value is -2.67. The van der Waals surface area contributed by atoms with E-state index in [4.69, 9.17) is 4.74 Å². The molecule has 7 heteroatoms. The van der Waals surface area contributed by atoms with E-state index in [9.17, 15) is 14.4 Å². The summed E-state index contributed by atoms with van der Waals surface area (Å²) < 4.78 is 7.26. The normalized spacial score (nSPS) is 19.3. The van der Waals surface area contributed by atoms with Crippen molar-refractivity contribution >= 4 is 28.5 Å². The molecule has 2 aliphatic heterocycles. The van der Waals surface area contributed by atoms with Crippen LogP contribution in [0, 0.1) is 0 Å². The van der Waals surface area contributed by atoms with Crippen molar-refractivity contribution in [2.75, 3.05) is 26.2 Å². The lowest BCUT2D eigenvalue weighted by atomic mass is 10.1. The van der Waals surface area contributed by atoms with Crippen molar-refractivity contribution in [3.05, 3.63) is 36.0 Å². The third kappa shape index (κ3) is 3.80. The van der Waals surface area contributed by atoms with E-state index in [2.05, 4.69) is 5.32 Å². The van der Waals surface area contributed by atoms with Gasteiger partial charge in [0, 0.05) is 43.3 Å². The second-order valence-corrected chi connectivity index (χ2v) is 7.45. The number of fused-ring (bicyclic) bond motifs is 1. The fourth-order valence-electron chi connectivity index (χ4n) is 3.99. The second kappa shape index (κ2) is 8.14. The monoisotopic (exact) mass is 383 g/mol. The van der Waals surface area contributed by atoms with Crippen LogP contribution in [0.5, 0.6) is 0 Å². The lowest BCUT2D eigenvalue weighted by Crippen LogP contribution is -2.36. The van der Waals surface area contributed by atoms with Crippen molar-refractivity contribution in [1.29, 1.82) is 0 Å². The van der Waals surface area contributed by atoms with Gasteiger partial charge in [-0.1, -0.05) is 18.2 Å². The number of benzene rings is 1. The summed E-state index contributed by atoms with van der Waals surface area (Å²) in [6.45, 7) is 2.79. The standard InChI is InChI=1S/C21H25N3O4/c25-19(23-9-3-4-10-23)14-24-13-17(16-7-1-2-8-18(16)24)20(26)21(27)22-12-15-6-5-11-28-15/h1-2,7-8,13,15H,3-6,9-12,14H2,(H,22,27)/t15-/m0/s1. The van der Waals surface area contributed by atoms with Crippen LogP contribution in [0.4, 0.5) is 0 Å². The Morgan fingerprint density at radius 1 is 1.11 bits per heavy atom. The third-order valence-corrected chi connectivity index (χ3v) is 5.52. The lowest BCUT2D eigenvalue weighted by molar-refractivity contribution is -0.130. The molecule has 0 saturated carbocycles. The first kappa shape index (κ1) is 18.7. The number of amides is 2. The zero-order valence-corrected chi connectivity index (χ0v) is 15.9. The number of ketones is 1. The van der Waals surface area contributed by atoms with Gasteiger partial charge in [0.1, 0.15) is 6.54 Å². The predicted octanol–water partition coefficient (Wildman–Crippen LogP) is 1.74. The number of hydrogen-bond donors (Lipinski definition) is 1. The molecule has 0 unspecified atom stereocenters. The zero-order valence-electron chi connectivity index (χ0n) is 15.9. The van der Waals surface area contributed by atoms with Gasteiger partial charge in [0.05, 0.1) is 11.7 Å².